The molecule has 1 N–H and O–H groups in total. The second kappa shape index (κ2) is 11.2. The van der Waals surface area contributed by atoms with E-state index in [1.54, 1.807) is 43.6 Å². The number of carbonyl (C=O) groups is 1. The molecule has 0 bridgehead atoms. The lowest BCUT2D eigenvalue weighted by molar-refractivity contribution is -0.452. The van der Waals surface area contributed by atoms with Crippen LogP contribution in [0.2, 0.25) is 0 Å². The fraction of sp³-hybridized carbons (Fsp3) is 0.423. The quantitative estimate of drug-likeness (QED) is 0.246. The van der Waals surface area contributed by atoms with E-state index in [4.69, 9.17) is 4.74 Å². The third-order valence-corrected chi connectivity index (χ3v) is 8.28. The van der Waals surface area contributed by atoms with Crippen LogP contribution in [-0.4, -0.2) is 66.9 Å². The van der Waals surface area contributed by atoms with Crippen LogP contribution in [0.15, 0.2) is 53.6 Å². The molecular formula is C26H35N4O4S+. The third-order valence-electron chi connectivity index (χ3n) is 6.46. The van der Waals surface area contributed by atoms with Gasteiger partial charge in [-0.15, -0.1) is 0 Å². The Morgan fingerprint density at radius 1 is 1.29 bits per heavy atom. The highest BCUT2D eigenvalue weighted by Gasteiger charge is 2.32. The second-order valence-electron chi connectivity index (χ2n) is 9.44. The number of nitrogens with zero attached hydrogens (tertiary/aromatic N) is 3. The lowest BCUT2D eigenvalue weighted by Crippen LogP contribution is -2.37. The molecule has 1 saturated heterocycles. The van der Waals surface area contributed by atoms with Crippen molar-refractivity contribution in [2.45, 2.75) is 44.6 Å². The molecule has 3 rings (SSSR count). The smallest absolute Gasteiger partial charge is 0.381 e. The minimum atomic E-state index is -3.64. The van der Waals surface area contributed by atoms with E-state index < -0.39 is 10.0 Å². The third kappa shape index (κ3) is 6.62. The molecule has 0 radical (unpaired) electrons. The summed E-state index contributed by atoms with van der Waals surface area (Å²) in [6, 6.07) is 6.59. The maximum absolute atomic E-state index is 13.2. The van der Waals surface area contributed by atoms with Crippen molar-refractivity contribution < 1.29 is 22.5 Å². The minimum Gasteiger partial charge on any atom is -0.381 e. The van der Waals surface area contributed by atoms with Crippen molar-refractivity contribution in [1.29, 1.82) is 0 Å². The molecule has 1 amide bonds. The molecule has 1 aliphatic rings. The number of nitrogens with one attached hydrogen (secondary N) is 1. The van der Waals surface area contributed by atoms with E-state index in [0.29, 0.717) is 18.7 Å². The van der Waals surface area contributed by atoms with Crippen LogP contribution < -0.4 is 0 Å². The van der Waals surface area contributed by atoms with Gasteiger partial charge in [-0.25, -0.2) is 17.5 Å². The summed E-state index contributed by atoms with van der Waals surface area (Å²) in [4.78, 5) is 13.1. The number of aromatic amines is 1. The van der Waals surface area contributed by atoms with Gasteiger partial charge in [0, 0.05) is 43.6 Å². The molecule has 1 fully saturated rings. The molecule has 2 aromatic rings. The van der Waals surface area contributed by atoms with E-state index in [9.17, 15) is 13.2 Å². The molecule has 0 spiro atoms. The fourth-order valence-electron chi connectivity index (χ4n) is 4.23. The van der Waals surface area contributed by atoms with Crippen LogP contribution in [0.4, 0.5) is 0 Å². The molecule has 1 aromatic carbocycles. The zero-order valence-corrected chi connectivity index (χ0v) is 21.6. The van der Waals surface area contributed by atoms with Crippen LogP contribution in [0.25, 0.3) is 6.08 Å². The van der Waals surface area contributed by atoms with Crippen LogP contribution in [-0.2, 0) is 26.1 Å². The number of aryl methyl sites for hydroxylation is 1. The van der Waals surface area contributed by atoms with Gasteiger partial charge in [0.2, 0.25) is 10.0 Å². The highest BCUT2D eigenvalue weighted by molar-refractivity contribution is 7.89. The summed E-state index contributed by atoms with van der Waals surface area (Å²) < 4.78 is 34.7. The maximum atomic E-state index is 13.2. The summed E-state index contributed by atoms with van der Waals surface area (Å²) in [7, 11) is -2.01. The SMILES string of the molecule is C=CC(=Cc1cn[nH]c1C)C(=O)[N+](=C)Cc1ccc(S(=O)(=O)N(C)CC2(C)CCCOCC2)cc1. The second-order valence-corrected chi connectivity index (χ2v) is 11.5. The highest BCUT2D eigenvalue weighted by atomic mass is 32.2. The van der Waals surface area contributed by atoms with Crippen molar-refractivity contribution in [2.24, 2.45) is 5.41 Å². The standard InChI is InChI=1S/C26H34N4O4S/c1-6-22(16-23-17-27-28-20(23)2)25(31)29(4)18-21-8-10-24(11-9-21)35(32,33)30(5)19-26(3)12-7-14-34-15-13-26/h6,8-11,16-17H,1,4,7,12-15,18-19H2,2-3,5H3/p+1. The Kier molecular flexibility index (Phi) is 8.58. The average Bonchev–Trinajstić information content (AvgIpc) is 3.10. The normalized spacial score (nSPS) is 19.4. The maximum Gasteiger partial charge on any atom is 0.419 e. The monoisotopic (exact) mass is 499 g/mol. The first-order valence-corrected chi connectivity index (χ1v) is 13.1. The van der Waals surface area contributed by atoms with Crippen LogP contribution in [0.5, 0.6) is 0 Å². The van der Waals surface area contributed by atoms with Crippen molar-refractivity contribution in [2.75, 3.05) is 26.8 Å². The molecule has 1 aromatic heterocycles. The van der Waals surface area contributed by atoms with Gasteiger partial charge in [-0.2, -0.15) is 9.67 Å². The Balaban J connectivity index is 1.68. The first kappa shape index (κ1) is 26.7. The van der Waals surface area contributed by atoms with Gasteiger partial charge in [-0.3, -0.25) is 5.10 Å². The first-order valence-electron chi connectivity index (χ1n) is 11.7. The van der Waals surface area contributed by atoms with Crippen LogP contribution in [0, 0.1) is 12.3 Å². The fourth-order valence-corrected chi connectivity index (χ4v) is 5.55. The van der Waals surface area contributed by atoms with Gasteiger partial charge < -0.3 is 4.74 Å². The van der Waals surface area contributed by atoms with Crippen molar-refractivity contribution >= 4 is 28.7 Å². The van der Waals surface area contributed by atoms with E-state index in [-0.39, 0.29) is 22.8 Å². The number of hydrogen-bond acceptors (Lipinski definition) is 5. The molecule has 9 heteroatoms. The topological polar surface area (TPSA) is 95.4 Å². The Bertz CT molecular complexity index is 1200. The van der Waals surface area contributed by atoms with Gasteiger partial charge in [-0.05, 0) is 49.8 Å². The van der Waals surface area contributed by atoms with Gasteiger partial charge in [0.15, 0.2) is 6.54 Å². The number of aromatic nitrogens is 2. The van der Waals surface area contributed by atoms with E-state index in [1.807, 2.05) is 6.92 Å². The largest absolute Gasteiger partial charge is 0.419 e. The molecule has 1 atom stereocenters. The van der Waals surface area contributed by atoms with Crippen molar-refractivity contribution in [1.82, 2.24) is 14.5 Å². The van der Waals surface area contributed by atoms with Crippen molar-refractivity contribution in [3.05, 3.63) is 65.5 Å². The predicted molar refractivity (Wildman–Crippen MR) is 137 cm³/mol. The Labute approximate surface area is 208 Å². The first-order chi connectivity index (χ1) is 16.6. The summed E-state index contributed by atoms with van der Waals surface area (Å²) in [5.74, 6) is -0.294. The number of hydrogen-bond donors (Lipinski definition) is 1. The van der Waals surface area contributed by atoms with Crippen LogP contribution in [0.3, 0.4) is 0 Å². The van der Waals surface area contributed by atoms with E-state index >= 15 is 0 Å². The Hall–Kier alpha value is -2.88. The average molecular weight is 500 g/mol. The van der Waals surface area contributed by atoms with Crippen LogP contribution in [0.1, 0.15) is 43.0 Å². The van der Waals surface area contributed by atoms with Crippen molar-refractivity contribution in [3.8, 4) is 0 Å². The summed E-state index contributed by atoms with van der Waals surface area (Å²) in [6.45, 7) is 13.6. The predicted octanol–water partition coefficient (Wildman–Crippen LogP) is 3.55. The summed E-state index contributed by atoms with van der Waals surface area (Å²) >= 11 is 0. The molecule has 0 saturated carbocycles. The molecule has 2 heterocycles. The van der Waals surface area contributed by atoms with E-state index in [1.165, 1.54) is 15.0 Å². The molecule has 1 unspecified atom stereocenters. The van der Waals surface area contributed by atoms with E-state index in [0.717, 1.165) is 42.7 Å². The van der Waals surface area contributed by atoms with Gasteiger partial charge in [0.1, 0.15) is 6.72 Å². The minimum absolute atomic E-state index is 0.113. The Morgan fingerprint density at radius 3 is 2.63 bits per heavy atom. The van der Waals surface area contributed by atoms with Gasteiger partial charge in [-0.1, -0.05) is 31.7 Å². The number of ether oxygens (including phenoxy) is 1. The number of amides is 1. The number of carbonyl (C=O) groups excluding carboxylic acids is 1. The number of rotatable bonds is 9. The molecular weight excluding hydrogens is 464 g/mol. The summed E-state index contributed by atoms with van der Waals surface area (Å²) in [5.41, 5.74) is 2.69. The van der Waals surface area contributed by atoms with Crippen LogP contribution >= 0.6 is 0 Å². The summed E-state index contributed by atoms with van der Waals surface area (Å²) in [5, 5.41) is 6.79. The highest BCUT2D eigenvalue weighted by Crippen LogP contribution is 2.32. The van der Waals surface area contributed by atoms with Gasteiger partial charge in [0.25, 0.3) is 0 Å². The van der Waals surface area contributed by atoms with Gasteiger partial charge in [0.05, 0.1) is 16.7 Å². The number of H-pyrrole nitrogens is 1. The zero-order chi connectivity index (χ0) is 25.6. The molecule has 35 heavy (non-hydrogen) atoms. The lowest BCUT2D eigenvalue weighted by atomic mass is 9.83. The number of benzene rings is 1. The summed E-state index contributed by atoms with van der Waals surface area (Å²) in [6.07, 6.45) is 7.53. The molecule has 1 aliphatic heterocycles. The lowest BCUT2D eigenvalue weighted by Gasteiger charge is -2.32. The Morgan fingerprint density at radius 2 is 2.00 bits per heavy atom. The van der Waals surface area contributed by atoms with Gasteiger partial charge >= 0.3 is 5.91 Å². The van der Waals surface area contributed by atoms with Crippen molar-refractivity contribution in [3.63, 3.8) is 0 Å². The molecule has 0 aliphatic carbocycles. The number of sulfonamides is 1. The molecule has 188 valence electrons. The molecule has 8 nitrogen and oxygen atoms in total. The van der Waals surface area contributed by atoms with E-state index in [2.05, 4.69) is 30.4 Å². The zero-order valence-electron chi connectivity index (χ0n) is 20.8.